The normalized spacial score (nSPS) is 22.3. The molecule has 0 saturated heterocycles. The van der Waals surface area contributed by atoms with Gasteiger partial charge < -0.3 is 15.4 Å². The predicted octanol–water partition coefficient (Wildman–Crippen LogP) is 3.96. The number of rotatable bonds is 4. The Hall–Kier alpha value is -3.08. The highest BCUT2D eigenvalue weighted by atomic mass is 16.5. The lowest BCUT2D eigenvalue weighted by Crippen LogP contribution is -2.43. The van der Waals surface area contributed by atoms with Gasteiger partial charge in [-0.1, -0.05) is 42.5 Å². The van der Waals surface area contributed by atoms with Crippen LogP contribution in [0, 0.1) is 5.92 Å². The monoisotopic (exact) mass is 362 g/mol. The highest BCUT2D eigenvalue weighted by Gasteiger charge is 2.42. The van der Waals surface area contributed by atoms with Crippen LogP contribution in [0.3, 0.4) is 0 Å². The van der Waals surface area contributed by atoms with E-state index in [2.05, 4.69) is 22.8 Å². The molecule has 0 radical (unpaired) electrons. The van der Waals surface area contributed by atoms with Crippen LogP contribution in [0.1, 0.15) is 35.2 Å². The Morgan fingerprint density at radius 3 is 2.74 bits per heavy atom. The molecule has 2 aromatic rings. The van der Waals surface area contributed by atoms with Gasteiger partial charge in [-0.05, 0) is 37.1 Å². The second kappa shape index (κ2) is 7.27. The average molecular weight is 362 g/mol. The van der Waals surface area contributed by atoms with Gasteiger partial charge in [0.1, 0.15) is 6.04 Å². The van der Waals surface area contributed by atoms with Crippen molar-refractivity contribution >= 4 is 23.3 Å². The van der Waals surface area contributed by atoms with Gasteiger partial charge in [0.2, 0.25) is 0 Å². The maximum absolute atomic E-state index is 12.9. The first-order valence-corrected chi connectivity index (χ1v) is 9.28. The molecule has 0 spiro atoms. The van der Waals surface area contributed by atoms with Crippen molar-refractivity contribution in [3.63, 3.8) is 0 Å². The Bertz CT molecular complexity index is 892. The zero-order chi connectivity index (χ0) is 18.8. The van der Waals surface area contributed by atoms with Gasteiger partial charge in [0.15, 0.2) is 0 Å². The van der Waals surface area contributed by atoms with Gasteiger partial charge in [-0.25, -0.2) is 4.79 Å². The van der Waals surface area contributed by atoms with Crippen LogP contribution in [-0.2, 0) is 9.53 Å². The first kappa shape index (κ1) is 17.3. The van der Waals surface area contributed by atoms with E-state index in [0.29, 0.717) is 12.2 Å². The maximum Gasteiger partial charge on any atom is 0.328 e. The van der Waals surface area contributed by atoms with E-state index >= 15 is 0 Å². The molecule has 2 N–H and O–H groups in total. The molecular formula is C22H22N2O3. The standard InChI is InChI=1S/C22H22N2O3/c1-2-27-22(26)20-17-12-6-10-15(17)16-11-7-13-18(19(16)24-20)21(25)23-14-8-4-3-5-9-14/h3-11,13,15,17,20,24H,2,12H2,1H3,(H,23,25). The van der Waals surface area contributed by atoms with Crippen molar-refractivity contribution in [2.24, 2.45) is 5.92 Å². The Kier molecular flexibility index (Phi) is 4.67. The number of fused-ring (bicyclic) bond motifs is 3. The smallest absolute Gasteiger partial charge is 0.328 e. The van der Waals surface area contributed by atoms with E-state index in [4.69, 9.17) is 4.74 Å². The number of ether oxygens (including phenoxy) is 1. The quantitative estimate of drug-likeness (QED) is 0.638. The van der Waals surface area contributed by atoms with E-state index < -0.39 is 6.04 Å². The van der Waals surface area contributed by atoms with Crippen molar-refractivity contribution in [1.29, 1.82) is 0 Å². The second-order valence-corrected chi connectivity index (χ2v) is 6.82. The lowest BCUT2D eigenvalue weighted by Gasteiger charge is -2.36. The molecule has 0 fully saturated rings. The number of carbonyl (C=O) groups is 2. The lowest BCUT2D eigenvalue weighted by atomic mass is 9.78. The number of allylic oxidation sites excluding steroid dienone is 2. The summed E-state index contributed by atoms with van der Waals surface area (Å²) >= 11 is 0. The molecule has 3 unspecified atom stereocenters. The average Bonchev–Trinajstić information content (AvgIpc) is 3.18. The van der Waals surface area contributed by atoms with Crippen molar-refractivity contribution < 1.29 is 14.3 Å². The van der Waals surface area contributed by atoms with E-state index in [1.807, 2.05) is 42.5 Å². The van der Waals surface area contributed by atoms with Crippen LogP contribution in [0.2, 0.25) is 0 Å². The lowest BCUT2D eigenvalue weighted by molar-refractivity contribution is -0.145. The third kappa shape index (κ3) is 3.21. The SMILES string of the molecule is CCOC(=O)C1Nc2c(C(=O)Nc3ccccc3)cccc2C2C=CCC12. The molecule has 4 rings (SSSR count). The van der Waals surface area contributed by atoms with E-state index in [-0.39, 0.29) is 23.7 Å². The zero-order valence-electron chi connectivity index (χ0n) is 15.1. The number of nitrogens with one attached hydrogen (secondary N) is 2. The molecule has 0 bridgehead atoms. The Balaban J connectivity index is 1.69. The van der Waals surface area contributed by atoms with Crippen molar-refractivity contribution in [3.05, 3.63) is 71.8 Å². The summed E-state index contributed by atoms with van der Waals surface area (Å²) in [6, 6.07) is 14.6. The maximum atomic E-state index is 12.9. The van der Waals surface area contributed by atoms with Gasteiger partial charge >= 0.3 is 5.97 Å². The van der Waals surface area contributed by atoms with Crippen molar-refractivity contribution in [3.8, 4) is 0 Å². The van der Waals surface area contributed by atoms with E-state index in [0.717, 1.165) is 23.4 Å². The summed E-state index contributed by atoms with van der Waals surface area (Å²) in [6.45, 7) is 2.14. The number of hydrogen-bond donors (Lipinski definition) is 2. The van der Waals surface area contributed by atoms with Gasteiger partial charge in [-0.3, -0.25) is 4.79 Å². The Labute approximate surface area is 158 Å². The number of carbonyl (C=O) groups excluding carboxylic acids is 2. The van der Waals surface area contributed by atoms with Crippen LogP contribution in [-0.4, -0.2) is 24.5 Å². The summed E-state index contributed by atoms with van der Waals surface area (Å²) < 4.78 is 5.27. The third-order valence-corrected chi connectivity index (χ3v) is 5.21. The van der Waals surface area contributed by atoms with Crippen molar-refractivity contribution in [1.82, 2.24) is 0 Å². The fourth-order valence-electron chi connectivity index (χ4n) is 4.00. The van der Waals surface area contributed by atoms with Gasteiger partial charge in [-0.2, -0.15) is 0 Å². The topological polar surface area (TPSA) is 67.4 Å². The number of benzene rings is 2. The molecular weight excluding hydrogens is 340 g/mol. The Morgan fingerprint density at radius 2 is 1.96 bits per heavy atom. The van der Waals surface area contributed by atoms with Crippen molar-refractivity contribution in [2.45, 2.75) is 25.3 Å². The largest absolute Gasteiger partial charge is 0.464 e. The van der Waals surface area contributed by atoms with Crippen LogP contribution < -0.4 is 10.6 Å². The van der Waals surface area contributed by atoms with Crippen molar-refractivity contribution in [2.75, 3.05) is 17.2 Å². The molecule has 3 atom stereocenters. The van der Waals surface area contributed by atoms with E-state index in [9.17, 15) is 9.59 Å². The molecule has 2 aromatic carbocycles. The fourth-order valence-corrected chi connectivity index (χ4v) is 4.00. The molecule has 0 saturated carbocycles. The summed E-state index contributed by atoms with van der Waals surface area (Å²) in [5.41, 5.74) is 3.03. The number of hydrogen-bond acceptors (Lipinski definition) is 4. The summed E-state index contributed by atoms with van der Waals surface area (Å²) in [4.78, 5) is 25.4. The highest BCUT2D eigenvalue weighted by Crippen LogP contribution is 2.46. The Morgan fingerprint density at radius 1 is 1.15 bits per heavy atom. The van der Waals surface area contributed by atoms with Gasteiger partial charge in [0.05, 0.1) is 17.9 Å². The molecule has 27 heavy (non-hydrogen) atoms. The molecule has 1 aliphatic heterocycles. The van der Waals surface area contributed by atoms with Crippen LogP contribution in [0.5, 0.6) is 0 Å². The minimum absolute atomic E-state index is 0.111. The van der Waals surface area contributed by atoms with Crippen LogP contribution in [0.25, 0.3) is 0 Å². The van der Waals surface area contributed by atoms with Gasteiger partial charge in [0, 0.05) is 17.5 Å². The summed E-state index contributed by atoms with van der Waals surface area (Å²) in [6.07, 6.45) is 5.06. The summed E-state index contributed by atoms with van der Waals surface area (Å²) in [5, 5.41) is 6.24. The molecule has 5 nitrogen and oxygen atoms in total. The fraction of sp³-hybridized carbons (Fsp3) is 0.273. The summed E-state index contributed by atoms with van der Waals surface area (Å²) in [5.74, 6) is -0.238. The first-order valence-electron chi connectivity index (χ1n) is 9.28. The number of amides is 1. The molecule has 1 heterocycles. The minimum Gasteiger partial charge on any atom is -0.464 e. The van der Waals surface area contributed by atoms with Gasteiger partial charge in [0.25, 0.3) is 5.91 Å². The van der Waals surface area contributed by atoms with E-state index in [1.165, 1.54) is 0 Å². The number of esters is 1. The molecule has 5 heteroatoms. The van der Waals surface area contributed by atoms with Crippen LogP contribution >= 0.6 is 0 Å². The number of para-hydroxylation sites is 2. The second-order valence-electron chi connectivity index (χ2n) is 6.82. The molecule has 1 amide bonds. The molecule has 138 valence electrons. The van der Waals surface area contributed by atoms with Crippen LogP contribution in [0.4, 0.5) is 11.4 Å². The predicted molar refractivity (Wildman–Crippen MR) is 105 cm³/mol. The molecule has 1 aliphatic carbocycles. The first-order chi connectivity index (χ1) is 13.2. The van der Waals surface area contributed by atoms with Crippen LogP contribution in [0.15, 0.2) is 60.7 Å². The third-order valence-electron chi connectivity index (χ3n) is 5.21. The summed E-state index contributed by atoms with van der Waals surface area (Å²) in [7, 11) is 0. The molecule has 0 aromatic heterocycles. The minimum atomic E-state index is -0.455. The zero-order valence-corrected chi connectivity index (χ0v) is 15.1. The molecule has 2 aliphatic rings. The van der Waals surface area contributed by atoms with Gasteiger partial charge in [-0.15, -0.1) is 0 Å². The van der Waals surface area contributed by atoms with E-state index in [1.54, 1.807) is 13.0 Å². The number of anilines is 2. The highest BCUT2D eigenvalue weighted by molar-refractivity contribution is 6.09.